The first kappa shape index (κ1) is 26.6. The molecule has 0 unspecified atom stereocenters. The van der Waals surface area contributed by atoms with Crippen LogP contribution < -0.4 is 16.2 Å². The quantitative estimate of drug-likeness (QED) is 0.364. The molecule has 10 nitrogen and oxygen atoms in total. The zero-order chi connectivity index (χ0) is 26.6. The highest BCUT2D eigenvalue weighted by atomic mass is 19.1. The summed E-state index contributed by atoms with van der Waals surface area (Å²) in [5, 5.41) is 24.1. The van der Waals surface area contributed by atoms with Gasteiger partial charge in [0, 0.05) is 24.4 Å². The maximum atomic E-state index is 14.7. The van der Waals surface area contributed by atoms with Gasteiger partial charge in [-0.3, -0.25) is 14.3 Å². The van der Waals surface area contributed by atoms with E-state index in [4.69, 9.17) is 5.11 Å². The number of carbonyl (C=O) groups excluding carboxylic acids is 1. The van der Waals surface area contributed by atoms with Crippen LogP contribution in [0.3, 0.4) is 0 Å². The fraction of sp³-hybridized carbons (Fsp3) is 0.360. The Morgan fingerprint density at radius 3 is 2.53 bits per heavy atom. The summed E-state index contributed by atoms with van der Waals surface area (Å²) in [5.41, 5.74) is -0.908. The van der Waals surface area contributed by atoms with Gasteiger partial charge in [-0.1, -0.05) is 12.1 Å². The molecule has 0 aliphatic carbocycles. The number of halogens is 1. The number of aliphatic hydroxyl groups excluding tert-OH is 1. The first-order valence-electron chi connectivity index (χ1n) is 11.4. The Morgan fingerprint density at radius 2 is 1.89 bits per heavy atom. The van der Waals surface area contributed by atoms with E-state index in [1.807, 2.05) is 0 Å². The van der Waals surface area contributed by atoms with Crippen molar-refractivity contribution in [3.05, 3.63) is 64.5 Å². The van der Waals surface area contributed by atoms with Crippen molar-refractivity contribution >= 4 is 28.7 Å². The standard InChI is InChI=1S/C25H30FN5O5/c1-15(31(24(35)36)25(2,3)4)21-29-20-18(10-6-11-19(20)26)22(33)30(21)17-9-5-8-16(14-17)28-23(34)27-12-7-13-32/h5-6,8-11,14-15,32H,7,12-13H2,1-4H3,(H,35,36)(H2,27,28,34)/t15-/m0/s1. The molecule has 0 aliphatic rings. The van der Waals surface area contributed by atoms with E-state index in [1.54, 1.807) is 45.9 Å². The maximum absolute atomic E-state index is 14.7. The Hall–Kier alpha value is -3.99. The first-order valence-corrected chi connectivity index (χ1v) is 11.4. The third-order valence-electron chi connectivity index (χ3n) is 5.55. The van der Waals surface area contributed by atoms with Gasteiger partial charge in [-0.15, -0.1) is 0 Å². The molecule has 1 heterocycles. The van der Waals surface area contributed by atoms with Gasteiger partial charge in [0.05, 0.1) is 17.1 Å². The molecule has 36 heavy (non-hydrogen) atoms. The predicted octanol–water partition coefficient (Wildman–Crippen LogP) is 3.87. The van der Waals surface area contributed by atoms with Crippen LogP contribution in [0, 0.1) is 5.82 Å². The lowest BCUT2D eigenvalue weighted by Crippen LogP contribution is -2.47. The predicted molar refractivity (Wildman–Crippen MR) is 134 cm³/mol. The minimum atomic E-state index is -1.22. The minimum absolute atomic E-state index is 0.0273. The zero-order valence-electron chi connectivity index (χ0n) is 20.6. The van der Waals surface area contributed by atoms with Gasteiger partial charge in [-0.25, -0.2) is 19.0 Å². The third kappa shape index (κ3) is 5.62. The Morgan fingerprint density at radius 1 is 1.19 bits per heavy atom. The Kier molecular flexibility index (Phi) is 7.93. The monoisotopic (exact) mass is 499 g/mol. The fourth-order valence-corrected chi connectivity index (χ4v) is 4.05. The number of amides is 3. The van der Waals surface area contributed by atoms with Gasteiger partial charge in [0.25, 0.3) is 5.56 Å². The molecule has 2 aromatic carbocycles. The molecule has 0 radical (unpaired) electrons. The van der Waals surface area contributed by atoms with Crippen molar-refractivity contribution < 1.29 is 24.2 Å². The van der Waals surface area contributed by atoms with E-state index >= 15 is 0 Å². The normalized spacial score (nSPS) is 12.3. The van der Waals surface area contributed by atoms with Crippen molar-refractivity contribution in [2.75, 3.05) is 18.5 Å². The van der Waals surface area contributed by atoms with E-state index in [-0.39, 0.29) is 29.9 Å². The van der Waals surface area contributed by atoms with Crippen LogP contribution in [0.2, 0.25) is 0 Å². The lowest BCUT2D eigenvalue weighted by atomic mass is 10.0. The Labute approximate surface area is 207 Å². The van der Waals surface area contributed by atoms with Crippen LogP contribution in [0.1, 0.15) is 46.0 Å². The van der Waals surface area contributed by atoms with Crippen LogP contribution in [-0.2, 0) is 0 Å². The number of hydrogen-bond donors (Lipinski definition) is 4. The van der Waals surface area contributed by atoms with E-state index in [9.17, 15) is 23.9 Å². The highest BCUT2D eigenvalue weighted by molar-refractivity contribution is 5.89. The van der Waals surface area contributed by atoms with Crippen LogP contribution >= 0.6 is 0 Å². The van der Waals surface area contributed by atoms with Gasteiger partial charge in [0.15, 0.2) is 0 Å². The number of nitrogens with one attached hydrogen (secondary N) is 2. The summed E-state index contributed by atoms with van der Waals surface area (Å²) in [4.78, 5) is 43.5. The summed E-state index contributed by atoms with van der Waals surface area (Å²) in [6.45, 7) is 6.93. The average Bonchev–Trinajstić information content (AvgIpc) is 2.78. The fourth-order valence-electron chi connectivity index (χ4n) is 4.05. The lowest BCUT2D eigenvalue weighted by Gasteiger charge is -2.38. The molecule has 1 atom stereocenters. The van der Waals surface area contributed by atoms with Gasteiger partial charge in [0.1, 0.15) is 17.2 Å². The molecule has 0 bridgehead atoms. The summed E-state index contributed by atoms with van der Waals surface area (Å²) < 4.78 is 15.9. The number of rotatable bonds is 7. The molecule has 4 N–H and O–H groups in total. The van der Waals surface area contributed by atoms with Gasteiger partial charge >= 0.3 is 12.1 Å². The van der Waals surface area contributed by atoms with E-state index in [0.29, 0.717) is 17.8 Å². The highest BCUT2D eigenvalue weighted by Gasteiger charge is 2.34. The van der Waals surface area contributed by atoms with Gasteiger partial charge in [-0.05, 0) is 64.4 Å². The second-order valence-electron chi connectivity index (χ2n) is 9.25. The summed E-state index contributed by atoms with van der Waals surface area (Å²) >= 11 is 0. The van der Waals surface area contributed by atoms with Crippen LogP contribution in [0.25, 0.3) is 16.6 Å². The molecule has 0 fully saturated rings. The van der Waals surface area contributed by atoms with E-state index < -0.39 is 35.1 Å². The number of fused-ring (bicyclic) bond motifs is 1. The van der Waals surface area contributed by atoms with Crippen molar-refractivity contribution in [1.29, 1.82) is 0 Å². The topological polar surface area (TPSA) is 137 Å². The molecule has 0 saturated carbocycles. The molecule has 0 aliphatic heterocycles. The number of hydrogen-bond acceptors (Lipinski definition) is 5. The highest BCUT2D eigenvalue weighted by Crippen LogP contribution is 2.29. The summed E-state index contributed by atoms with van der Waals surface area (Å²) in [6, 6.07) is 9.01. The van der Waals surface area contributed by atoms with Crippen molar-refractivity contribution in [3.63, 3.8) is 0 Å². The Bertz CT molecular complexity index is 1330. The zero-order valence-corrected chi connectivity index (χ0v) is 20.6. The number of nitrogens with zero attached hydrogens (tertiary/aromatic N) is 3. The van der Waals surface area contributed by atoms with E-state index in [2.05, 4.69) is 15.6 Å². The largest absolute Gasteiger partial charge is 0.465 e. The molecule has 3 amide bonds. The SMILES string of the molecule is C[C@@H](c1nc2c(F)cccc2c(=O)n1-c1cccc(NC(=O)NCCCO)c1)N(C(=O)O)C(C)(C)C. The molecule has 0 saturated heterocycles. The average molecular weight is 500 g/mol. The molecule has 0 spiro atoms. The molecular weight excluding hydrogens is 469 g/mol. The number of para-hydroxylation sites is 1. The summed E-state index contributed by atoms with van der Waals surface area (Å²) in [6.07, 6.45) is -0.823. The number of urea groups is 1. The number of benzene rings is 2. The summed E-state index contributed by atoms with van der Waals surface area (Å²) in [7, 11) is 0. The van der Waals surface area contributed by atoms with Crippen molar-refractivity contribution in [2.45, 2.75) is 45.7 Å². The molecule has 192 valence electrons. The van der Waals surface area contributed by atoms with Crippen molar-refractivity contribution in [3.8, 4) is 5.69 Å². The molecule has 3 rings (SSSR count). The van der Waals surface area contributed by atoms with Crippen LogP contribution in [0.5, 0.6) is 0 Å². The smallest absolute Gasteiger partial charge is 0.408 e. The molecule has 1 aromatic heterocycles. The first-order chi connectivity index (χ1) is 17.0. The molecule has 11 heteroatoms. The molecular formula is C25H30FN5O5. The van der Waals surface area contributed by atoms with Gasteiger partial charge < -0.3 is 20.8 Å². The van der Waals surface area contributed by atoms with Crippen LogP contribution in [0.4, 0.5) is 19.7 Å². The number of aromatic nitrogens is 2. The van der Waals surface area contributed by atoms with Crippen molar-refractivity contribution in [1.82, 2.24) is 19.8 Å². The van der Waals surface area contributed by atoms with Gasteiger partial charge in [-0.2, -0.15) is 0 Å². The lowest BCUT2D eigenvalue weighted by molar-refractivity contribution is 0.0719. The third-order valence-corrected chi connectivity index (χ3v) is 5.55. The van der Waals surface area contributed by atoms with E-state index in [0.717, 1.165) is 4.90 Å². The molecule has 3 aromatic rings. The van der Waals surface area contributed by atoms with Crippen molar-refractivity contribution in [2.24, 2.45) is 0 Å². The Balaban J connectivity index is 2.19. The number of aliphatic hydroxyl groups is 1. The second-order valence-corrected chi connectivity index (χ2v) is 9.25. The van der Waals surface area contributed by atoms with E-state index in [1.165, 1.54) is 28.8 Å². The number of anilines is 1. The summed E-state index contributed by atoms with van der Waals surface area (Å²) in [5.74, 6) is -0.669. The van der Waals surface area contributed by atoms with Crippen LogP contribution in [0.15, 0.2) is 47.3 Å². The maximum Gasteiger partial charge on any atom is 0.408 e. The second kappa shape index (κ2) is 10.7. The van der Waals surface area contributed by atoms with Gasteiger partial charge in [0.2, 0.25) is 0 Å². The number of carboxylic acid groups (broad SMARTS) is 1. The number of carbonyl (C=O) groups is 2. The minimum Gasteiger partial charge on any atom is -0.465 e. The van der Waals surface area contributed by atoms with Crippen LogP contribution in [-0.4, -0.2) is 55.5 Å².